The number of hydrogen-bond acceptors (Lipinski definition) is 2. The van der Waals surface area contributed by atoms with E-state index in [-0.39, 0.29) is 0 Å². The Morgan fingerprint density at radius 2 is 2.06 bits per heavy atom. The molecule has 1 aromatic heterocycles. The minimum atomic E-state index is -0.884. The number of aryl methyl sites for hydroxylation is 2. The smallest absolute Gasteiger partial charge is 0.339 e. The Labute approximate surface area is 96.3 Å². The van der Waals surface area contributed by atoms with Crippen LogP contribution >= 0.6 is 0 Å². The second kappa shape index (κ2) is 5.14. The van der Waals surface area contributed by atoms with Gasteiger partial charge in [0.05, 0.1) is 11.4 Å². The molecule has 1 N–H and O–H groups in total. The number of rotatable bonds is 5. The number of carboxylic acid groups (broad SMARTS) is 1. The molecule has 4 nitrogen and oxygen atoms in total. The fourth-order valence-corrected chi connectivity index (χ4v) is 1.87. The monoisotopic (exact) mass is 224 g/mol. The molecule has 0 aliphatic carbocycles. The van der Waals surface area contributed by atoms with Crippen LogP contribution in [-0.4, -0.2) is 20.9 Å². The molecule has 0 saturated carbocycles. The van der Waals surface area contributed by atoms with Gasteiger partial charge in [0.25, 0.3) is 0 Å². The van der Waals surface area contributed by atoms with Crippen molar-refractivity contribution in [3.05, 3.63) is 17.0 Å². The van der Waals surface area contributed by atoms with Crippen LogP contribution in [0, 0.1) is 19.8 Å². The zero-order chi connectivity index (χ0) is 12.3. The van der Waals surface area contributed by atoms with E-state index < -0.39 is 5.97 Å². The van der Waals surface area contributed by atoms with Crippen LogP contribution in [0.15, 0.2) is 0 Å². The van der Waals surface area contributed by atoms with Gasteiger partial charge < -0.3 is 5.11 Å². The summed E-state index contributed by atoms with van der Waals surface area (Å²) in [7, 11) is 0. The third-order valence-corrected chi connectivity index (χ3v) is 2.75. The van der Waals surface area contributed by atoms with Crippen LogP contribution in [0.25, 0.3) is 0 Å². The van der Waals surface area contributed by atoms with Gasteiger partial charge in [-0.15, -0.1) is 0 Å². The maximum atomic E-state index is 11.0. The van der Waals surface area contributed by atoms with E-state index in [1.807, 2.05) is 6.92 Å². The molecule has 0 aliphatic rings. The number of aromatic nitrogens is 2. The second-order valence-corrected chi connectivity index (χ2v) is 4.61. The Morgan fingerprint density at radius 3 is 2.50 bits per heavy atom. The van der Waals surface area contributed by atoms with Crippen LogP contribution in [0.4, 0.5) is 0 Å². The first-order chi connectivity index (χ1) is 7.43. The largest absolute Gasteiger partial charge is 0.478 e. The topological polar surface area (TPSA) is 55.1 Å². The van der Waals surface area contributed by atoms with Gasteiger partial charge in [0.15, 0.2) is 0 Å². The number of hydrogen-bond donors (Lipinski definition) is 1. The minimum absolute atomic E-state index is 0.351. The van der Waals surface area contributed by atoms with Crippen molar-refractivity contribution in [3.63, 3.8) is 0 Å². The second-order valence-electron chi connectivity index (χ2n) is 4.61. The van der Waals surface area contributed by atoms with E-state index in [1.165, 1.54) is 0 Å². The van der Waals surface area contributed by atoms with E-state index in [2.05, 4.69) is 18.9 Å². The van der Waals surface area contributed by atoms with Crippen LogP contribution in [0.5, 0.6) is 0 Å². The lowest BCUT2D eigenvalue weighted by atomic mass is 10.1. The number of nitrogens with zero attached hydrogens (tertiary/aromatic N) is 2. The van der Waals surface area contributed by atoms with Crippen LogP contribution in [0.1, 0.15) is 48.4 Å². The normalized spacial score (nSPS) is 11.1. The lowest BCUT2D eigenvalue weighted by Gasteiger charge is -2.06. The first-order valence-corrected chi connectivity index (χ1v) is 5.70. The zero-order valence-electron chi connectivity index (χ0n) is 10.4. The van der Waals surface area contributed by atoms with Gasteiger partial charge in [0.2, 0.25) is 0 Å². The highest BCUT2D eigenvalue weighted by molar-refractivity contribution is 5.90. The molecule has 90 valence electrons. The van der Waals surface area contributed by atoms with Crippen molar-refractivity contribution in [3.8, 4) is 0 Å². The van der Waals surface area contributed by atoms with Crippen LogP contribution < -0.4 is 0 Å². The van der Waals surface area contributed by atoms with Gasteiger partial charge in [-0.2, -0.15) is 5.10 Å². The van der Waals surface area contributed by atoms with Crippen LogP contribution in [0.2, 0.25) is 0 Å². The average molecular weight is 224 g/mol. The minimum Gasteiger partial charge on any atom is -0.478 e. The van der Waals surface area contributed by atoms with Gasteiger partial charge in [-0.25, -0.2) is 4.79 Å². The van der Waals surface area contributed by atoms with Gasteiger partial charge in [-0.3, -0.25) is 4.68 Å². The van der Waals surface area contributed by atoms with Crippen molar-refractivity contribution in [1.82, 2.24) is 9.78 Å². The summed E-state index contributed by atoms with van der Waals surface area (Å²) in [5.41, 5.74) is 1.72. The van der Waals surface area contributed by atoms with Crippen molar-refractivity contribution >= 4 is 5.97 Å². The Bertz CT molecular complexity index is 381. The fraction of sp³-hybridized carbons (Fsp3) is 0.667. The molecule has 4 heteroatoms. The fourth-order valence-electron chi connectivity index (χ4n) is 1.87. The molecule has 0 bridgehead atoms. The molecule has 0 radical (unpaired) electrons. The average Bonchev–Trinajstić information content (AvgIpc) is 2.41. The van der Waals surface area contributed by atoms with E-state index in [0.717, 1.165) is 25.1 Å². The summed E-state index contributed by atoms with van der Waals surface area (Å²) in [6.45, 7) is 8.74. The summed E-state index contributed by atoms with van der Waals surface area (Å²) in [6, 6.07) is 0. The molecule has 1 aromatic rings. The molecular formula is C12H20N2O2. The number of carboxylic acids is 1. The molecule has 1 rings (SSSR count). The lowest BCUT2D eigenvalue weighted by Crippen LogP contribution is -2.05. The highest BCUT2D eigenvalue weighted by atomic mass is 16.4. The van der Waals surface area contributed by atoms with Crippen molar-refractivity contribution in [2.75, 3.05) is 0 Å². The number of carbonyl (C=O) groups is 1. The van der Waals surface area contributed by atoms with Crippen molar-refractivity contribution in [2.45, 2.75) is 47.1 Å². The molecule has 0 aliphatic heterocycles. The van der Waals surface area contributed by atoms with Crippen LogP contribution in [-0.2, 0) is 6.54 Å². The van der Waals surface area contributed by atoms with E-state index in [1.54, 1.807) is 11.6 Å². The van der Waals surface area contributed by atoms with Gasteiger partial charge in [-0.05, 0) is 32.6 Å². The Morgan fingerprint density at radius 1 is 1.44 bits per heavy atom. The van der Waals surface area contributed by atoms with Crippen molar-refractivity contribution in [2.24, 2.45) is 5.92 Å². The summed E-state index contributed by atoms with van der Waals surface area (Å²) in [5, 5.41) is 13.3. The molecule has 1 heterocycles. The summed E-state index contributed by atoms with van der Waals surface area (Å²) < 4.78 is 1.81. The van der Waals surface area contributed by atoms with E-state index in [9.17, 15) is 4.79 Å². The molecule has 0 unspecified atom stereocenters. The molecule has 0 fully saturated rings. The van der Waals surface area contributed by atoms with Crippen molar-refractivity contribution in [1.29, 1.82) is 0 Å². The molecule has 0 aromatic carbocycles. The first kappa shape index (κ1) is 12.7. The Balaban J connectivity index is 2.75. The van der Waals surface area contributed by atoms with Crippen molar-refractivity contribution < 1.29 is 9.90 Å². The summed E-state index contributed by atoms with van der Waals surface area (Å²) in [6.07, 6.45) is 2.18. The third kappa shape index (κ3) is 2.84. The Kier molecular flexibility index (Phi) is 4.10. The lowest BCUT2D eigenvalue weighted by molar-refractivity contribution is 0.0695. The van der Waals surface area contributed by atoms with E-state index >= 15 is 0 Å². The quantitative estimate of drug-likeness (QED) is 0.836. The first-order valence-electron chi connectivity index (χ1n) is 5.70. The van der Waals surface area contributed by atoms with Gasteiger partial charge in [0, 0.05) is 6.54 Å². The molecular weight excluding hydrogens is 204 g/mol. The zero-order valence-corrected chi connectivity index (χ0v) is 10.4. The molecule has 0 spiro atoms. The van der Waals surface area contributed by atoms with E-state index in [4.69, 9.17) is 5.11 Å². The highest BCUT2D eigenvalue weighted by Gasteiger charge is 2.17. The predicted molar refractivity (Wildman–Crippen MR) is 62.7 cm³/mol. The predicted octanol–water partition coefficient (Wildman–Crippen LogP) is 2.63. The third-order valence-electron chi connectivity index (χ3n) is 2.75. The summed E-state index contributed by atoms with van der Waals surface area (Å²) >= 11 is 0. The molecule has 0 atom stereocenters. The van der Waals surface area contributed by atoms with Gasteiger partial charge in [0.1, 0.15) is 5.56 Å². The van der Waals surface area contributed by atoms with Crippen LogP contribution in [0.3, 0.4) is 0 Å². The van der Waals surface area contributed by atoms with Gasteiger partial charge in [-0.1, -0.05) is 13.8 Å². The number of aromatic carboxylic acids is 1. The summed E-state index contributed by atoms with van der Waals surface area (Å²) in [4.78, 5) is 11.0. The molecule has 0 saturated heterocycles. The van der Waals surface area contributed by atoms with E-state index in [0.29, 0.717) is 17.2 Å². The standard InChI is InChI=1S/C12H20N2O2/c1-8(2)6-5-7-14-10(4)11(12(15)16)9(3)13-14/h8H,5-7H2,1-4H3,(H,15,16). The maximum absolute atomic E-state index is 11.0. The maximum Gasteiger partial charge on any atom is 0.339 e. The summed E-state index contributed by atoms with van der Waals surface area (Å²) in [5.74, 6) is -0.207. The molecule has 16 heavy (non-hydrogen) atoms. The Hall–Kier alpha value is -1.32. The molecule has 0 amide bonds. The SMILES string of the molecule is Cc1nn(CCCC(C)C)c(C)c1C(=O)O. The van der Waals surface area contributed by atoms with Gasteiger partial charge >= 0.3 is 5.97 Å². The highest BCUT2D eigenvalue weighted by Crippen LogP contribution is 2.14.